The minimum Gasteiger partial charge on any atom is -0.371 e. The highest BCUT2D eigenvalue weighted by Gasteiger charge is 2.31. The monoisotopic (exact) mass is 518 g/mol. The lowest BCUT2D eigenvalue weighted by molar-refractivity contribution is -0.119. The molecule has 0 N–H and O–H groups in total. The fraction of sp³-hybridized carbons (Fsp3) is 0.296. The lowest BCUT2D eigenvalue weighted by Gasteiger charge is -2.36. The number of nitrogens with zero attached hydrogens (tertiary/aromatic N) is 4. The second-order valence-corrected chi connectivity index (χ2v) is 9.85. The predicted molar refractivity (Wildman–Crippen MR) is 137 cm³/mol. The van der Waals surface area contributed by atoms with Gasteiger partial charge in [-0.05, 0) is 66.8 Å². The van der Waals surface area contributed by atoms with Crippen molar-refractivity contribution in [2.45, 2.75) is 19.4 Å². The van der Waals surface area contributed by atoms with Gasteiger partial charge in [0, 0.05) is 60.0 Å². The standard InChI is InChI=1S/C27H27BrN4O2/c28-23-7-5-21(6-8-23)27(34)31-18-22-3-1-2-4-25(22)32(26(33)19-31)17-20-11-15-30(16-12-20)24-9-13-29-14-10-24/h1-10,13-14,20H,11-12,15-19H2. The number of pyridine rings is 1. The van der Waals surface area contributed by atoms with Crippen molar-refractivity contribution in [2.75, 3.05) is 36.0 Å². The molecule has 2 aliphatic rings. The van der Waals surface area contributed by atoms with E-state index in [2.05, 4.69) is 25.8 Å². The normalized spacial score (nSPS) is 16.9. The SMILES string of the molecule is O=C(c1ccc(Br)cc1)N1CC(=O)N(CC2CCN(c3ccncc3)CC2)c2ccccc2C1. The molecule has 1 fully saturated rings. The number of para-hydroxylation sites is 1. The first kappa shape index (κ1) is 22.6. The van der Waals surface area contributed by atoms with E-state index in [1.807, 2.05) is 65.8 Å². The molecule has 34 heavy (non-hydrogen) atoms. The number of rotatable bonds is 4. The highest BCUT2D eigenvalue weighted by atomic mass is 79.9. The molecule has 6 nitrogen and oxygen atoms in total. The zero-order chi connectivity index (χ0) is 23.5. The molecule has 0 bridgehead atoms. The Hall–Kier alpha value is -3.19. The summed E-state index contributed by atoms with van der Waals surface area (Å²) < 4.78 is 0.919. The quantitative estimate of drug-likeness (QED) is 0.500. The number of hydrogen-bond donors (Lipinski definition) is 0. The summed E-state index contributed by atoms with van der Waals surface area (Å²) in [5.74, 6) is 0.277. The molecule has 0 radical (unpaired) electrons. The van der Waals surface area contributed by atoms with Crippen LogP contribution in [0.4, 0.5) is 11.4 Å². The number of halogens is 1. The molecule has 1 aromatic heterocycles. The summed E-state index contributed by atoms with van der Waals surface area (Å²) in [7, 11) is 0. The van der Waals surface area contributed by atoms with Crippen LogP contribution in [-0.4, -0.2) is 47.9 Å². The molecular weight excluding hydrogens is 492 g/mol. The number of anilines is 2. The van der Waals surface area contributed by atoms with E-state index in [0.29, 0.717) is 24.6 Å². The fourth-order valence-corrected chi connectivity index (χ4v) is 5.12. The van der Waals surface area contributed by atoms with Gasteiger partial charge in [-0.25, -0.2) is 0 Å². The number of fused-ring (bicyclic) bond motifs is 1. The molecule has 5 rings (SSSR count). The summed E-state index contributed by atoms with van der Waals surface area (Å²) in [6.45, 7) is 3.12. The van der Waals surface area contributed by atoms with Gasteiger partial charge in [-0.2, -0.15) is 0 Å². The van der Waals surface area contributed by atoms with Gasteiger partial charge in [-0.3, -0.25) is 14.6 Å². The molecule has 1 saturated heterocycles. The Kier molecular flexibility index (Phi) is 6.63. The van der Waals surface area contributed by atoms with Crippen molar-refractivity contribution in [1.82, 2.24) is 9.88 Å². The summed E-state index contributed by atoms with van der Waals surface area (Å²) in [4.78, 5) is 36.7. The molecule has 174 valence electrons. The van der Waals surface area contributed by atoms with E-state index in [1.165, 1.54) is 5.69 Å². The van der Waals surface area contributed by atoms with Crippen molar-refractivity contribution >= 4 is 39.1 Å². The molecule has 0 spiro atoms. The van der Waals surface area contributed by atoms with Gasteiger partial charge in [0.1, 0.15) is 6.54 Å². The molecule has 3 heterocycles. The van der Waals surface area contributed by atoms with Gasteiger partial charge in [-0.1, -0.05) is 34.1 Å². The average molecular weight is 519 g/mol. The highest BCUT2D eigenvalue weighted by molar-refractivity contribution is 9.10. The number of amides is 2. The van der Waals surface area contributed by atoms with Crippen molar-refractivity contribution in [1.29, 1.82) is 0 Å². The second-order valence-electron chi connectivity index (χ2n) is 8.94. The lowest BCUT2D eigenvalue weighted by Crippen LogP contribution is -2.44. The molecule has 2 aliphatic heterocycles. The molecular formula is C27H27BrN4O2. The molecule has 0 unspecified atom stereocenters. The first-order chi connectivity index (χ1) is 16.6. The van der Waals surface area contributed by atoms with Crippen molar-refractivity contribution in [3.8, 4) is 0 Å². The van der Waals surface area contributed by atoms with Gasteiger partial charge in [0.15, 0.2) is 0 Å². The van der Waals surface area contributed by atoms with Crippen LogP contribution in [0.2, 0.25) is 0 Å². The van der Waals surface area contributed by atoms with Gasteiger partial charge in [0.25, 0.3) is 5.91 Å². The number of piperidine rings is 1. The van der Waals surface area contributed by atoms with Crippen LogP contribution in [0.25, 0.3) is 0 Å². The predicted octanol–water partition coefficient (Wildman–Crippen LogP) is 4.75. The summed E-state index contributed by atoms with van der Waals surface area (Å²) in [6, 6.07) is 19.4. The van der Waals surface area contributed by atoms with Crippen molar-refractivity contribution < 1.29 is 9.59 Å². The maximum atomic E-state index is 13.4. The topological polar surface area (TPSA) is 56.8 Å². The largest absolute Gasteiger partial charge is 0.371 e. The zero-order valence-corrected chi connectivity index (χ0v) is 20.5. The Balaban J connectivity index is 1.31. The van der Waals surface area contributed by atoms with Crippen LogP contribution in [0.3, 0.4) is 0 Å². The number of carbonyl (C=O) groups excluding carboxylic acids is 2. The third kappa shape index (κ3) is 4.85. The van der Waals surface area contributed by atoms with Crippen LogP contribution in [0, 0.1) is 5.92 Å². The lowest BCUT2D eigenvalue weighted by atomic mass is 9.95. The Morgan fingerprint density at radius 2 is 1.65 bits per heavy atom. The van der Waals surface area contributed by atoms with Crippen LogP contribution in [0.1, 0.15) is 28.8 Å². The minimum atomic E-state index is -0.122. The summed E-state index contributed by atoms with van der Waals surface area (Å²) in [5, 5.41) is 0. The van der Waals surface area contributed by atoms with Crippen LogP contribution in [0.15, 0.2) is 77.5 Å². The van der Waals surface area contributed by atoms with Gasteiger partial charge >= 0.3 is 0 Å². The Labute approximate surface area is 208 Å². The fourth-order valence-electron chi connectivity index (χ4n) is 4.86. The van der Waals surface area contributed by atoms with Crippen molar-refractivity contribution in [3.05, 3.63) is 88.7 Å². The Morgan fingerprint density at radius 3 is 2.38 bits per heavy atom. The maximum Gasteiger partial charge on any atom is 0.254 e. The number of carbonyl (C=O) groups is 2. The van der Waals surface area contributed by atoms with Gasteiger partial charge in [0.2, 0.25) is 5.91 Å². The first-order valence-electron chi connectivity index (χ1n) is 11.7. The third-order valence-electron chi connectivity index (χ3n) is 6.73. The molecule has 2 amide bonds. The Bertz CT molecular complexity index is 1160. The molecule has 0 atom stereocenters. The minimum absolute atomic E-state index is 0.0213. The summed E-state index contributed by atoms with van der Waals surface area (Å²) in [5.41, 5.74) is 3.72. The van der Waals surface area contributed by atoms with E-state index >= 15 is 0 Å². The average Bonchev–Trinajstić information content (AvgIpc) is 3.01. The van der Waals surface area contributed by atoms with E-state index in [-0.39, 0.29) is 18.4 Å². The van der Waals surface area contributed by atoms with Crippen LogP contribution < -0.4 is 9.80 Å². The molecule has 0 aliphatic carbocycles. The van der Waals surface area contributed by atoms with Crippen molar-refractivity contribution in [2.24, 2.45) is 5.92 Å². The number of benzene rings is 2. The van der Waals surface area contributed by atoms with Gasteiger partial charge in [-0.15, -0.1) is 0 Å². The van der Waals surface area contributed by atoms with E-state index in [1.54, 1.807) is 17.0 Å². The van der Waals surface area contributed by atoms with E-state index in [0.717, 1.165) is 41.7 Å². The number of hydrogen-bond acceptors (Lipinski definition) is 4. The van der Waals surface area contributed by atoms with Crippen LogP contribution in [0.5, 0.6) is 0 Å². The third-order valence-corrected chi connectivity index (χ3v) is 7.26. The van der Waals surface area contributed by atoms with E-state index in [4.69, 9.17) is 0 Å². The van der Waals surface area contributed by atoms with Crippen LogP contribution in [-0.2, 0) is 11.3 Å². The second kappa shape index (κ2) is 9.97. The van der Waals surface area contributed by atoms with E-state index in [9.17, 15) is 9.59 Å². The molecule has 0 saturated carbocycles. The first-order valence-corrected chi connectivity index (χ1v) is 12.5. The molecule has 7 heteroatoms. The van der Waals surface area contributed by atoms with Crippen LogP contribution >= 0.6 is 15.9 Å². The number of aromatic nitrogens is 1. The summed E-state index contributed by atoms with van der Waals surface area (Å²) in [6.07, 6.45) is 5.71. The summed E-state index contributed by atoms with van der Waals surface area (Å²) >= 11 is 3.41. The Morgan fingerprint density at radius 1 is 0.941 bits per heavy atom. The van der Waals surface area contributed by atoms with Gasteiger partial charge < -0.3 is 14.7 Å². The smallest absolute Gasteiger partial charge is 0.254 e. The zero-order valence-electron chi connectivity index (χ0n) is 18.9. The van der Waals surface area contributed by atoms with E-state index < -0.39 is 0 Å². The highest BCUT2D eigenvalue weighted by Crippen LogP contribution is 2.30. The maximum absolute atomic E-state index is 13.4. The van der Waals surface area contributed by atoms with Crippen molar-refractivity contribution in [3.63, 3.8) is 0 Å². The molecule has 2 aromatic carbocycles. The molecule has 3 aromatic rings. The van der Waals surface area contributed by atoms with Gasteiger partial charge in [0.05, 0.1) is 0 Å².